The average Bonchev–Trinajstić information content (AvgIpc) is 2.93. The normalized spacial score (nSPS) is 19.8. The van der Waals surface area contributed by atoms with Crippen LogP contribution >= 0.6 is 0 Å². The van der Waals surface area contributed by atoms with Crippen LogP contribution in [0.2, 0.25) is 0 Å². The van der Waals surface area contributed by atoms with E-state index < -0.39 is 6.17 Å². The van der Waals surface area contributed by atoms with Gasteiger partial charge in [-0.15, -0.1) is 0 Å². The Morgan fingerprint density at radius 3 is 1.97 bits per heavy atom. The Morgan fingerprint density at radius 2 is 1.49 bits per heavy atom. The van der Waals surface area contributed by atoms with Gasteiger partial charge in [0.1, 0.15) is 0 Å². The van der Waals surface area contributed by atoms with Crippen molar-refractivity contribution in [3.63, 3.8) is 0 Å². The van der Waals surface area contributed by atoms with Crippen molar-refractivity contribution in [1.82, 2.24) is 15.1 Å². The number of nitrogens with zero attached hydrogens (tertiary/aromatic N) is 3. The highest BCUT2D eigenvalue weighted by Gasteiger charge is 2.47. The Bertz CT molecular complexity index is 1170. The average molecular weight is 501 g/mol. The molecule has 1 aliphatic heterocycles. The van der Waals surface area contributed by atoms with Gasteiger partial charge in [-0.2, -0.15) is 0 Å². The van der Waals surface area contributed by atoms with E-state index in [0.717, 1.165) is 11.1 Å². The van der Waals surface area contributed by atoms with Crippen LogP contribution in [0.1, 0.15) is 40.9 Å². The van der Waals surface area contributed by atoms with Gasteiger partial charge in [0.2, 0.25) is 5.91 Å². The number of piperidine rings is 1. The van der Waals surface area contributed by atoms with E-state index in [1.54, 1.807) is 36.2 Å². The van der Waals surface area contributed by atoms with Gasteiger partial charge in [-0.1, -0.05) is 78.9 Å². The lowest BCUT2D eigenvalue weighted by Crippen LogP contribution is -2.60. The third-order valence-electron chi connectivity index (χ3n) is 7.20. The molecule has 1 N–H and O–H groups in total. The molecule has 37 heavy (non-hydrogen) atoms. The number of carbonyl (C=O) groups is 2. The second-order valence-electron chi connectivity index (χ2n) is 9.46. The minimum Gasteiger partial charge on any atom is -0.352 e. The van der Waals surface area contributed by atoms with Gasteiger partial charge in [-0.05, 0) is 23.3 Å². The molecule has 8 nitrogen and oxygen atoms in total. The van der Waals surface area contributed by atoms with Gasteiger partial charge in [0.15, 0.2) is 0 Å². The third-order valence-corrected chi connectivity index (χ3v) is 7.20. The lowest BCUT2D eigenvalue weighted by Gasteiger charge is -2.46. The van der Waals surface area contributed by atoms with Crippen LogP contribution in [0.25, 0.3) is 0 Å². The number of carbonyl (C=O) groups excluding carboxylic acids is 2. The Kier molecular flexibility index (Phi) is 8.30. The van der Waals surface area contributed by atoms with E-state index in [2.05, 4.69) is 5.32 Å². The topological polar surface area (TPSA) is 95.8 Å². The van der Waals surface area contributed by atoms with E-state index in [9.17, 15) is 19.7 Å². The summed E-state index contributed by atoms with van der Waals surface area (Å²) < 4.78 is 0. The maximum atomic E-state index is 12.7. The predicted molar refractivity (Wildman–Crippen MR) is 141 cm³/mol. The highest BCUT2D eigenvalue weighted by molar-refractivity contribution is 5.94. The molecule has 1 saturated heterocycles. The summed E-state index contributed by atoms with van der Waals surface area (Å²) in [5, 5.41) is 15.4. The van der Waals surface area contributed by atoms with Crippen molar-refractivity contribution in [2.45, 2.75) is 31.6 Å². The van der Waals surface area contributed by atoms with E-state index in [4.69, 9.17) is 0 Å². The molecular formula is C29H32N4O4. The van der Waals surface area contributed by atoms with Gasteiger partial charge < -0.3 is 10.2 Å². The van der Waals surface area contributed by atoms with Crippen LogP contribution in [0.5, 0.6) is 0 Å². The molecule has 8 heteroatoms. The molecule has 4 rings (SSSR count). The first kappa shape index (κ1) is 26.0. The summed E-state index contributed by atoms with van der Waals surface area (Å²) in [6.07, 6.45) is -0.791. The summed E-state index contributed by atoms with van der Waals surface area (Å²) in [7, 11) is 1.73. The molecular weight excluding hydrogens is 468 g/mol. The second kappa shape index (κ2) is 11.8. The van der Waals surface area contributed by atoms with Gasteiger partial charge in [-0.25, -0.2) is 4.90 Å². The molecule has 0 aliphatic carbocycles. The lowest BCUT2D eigenvalue weighted by molar-refractivity contribution is -0.559. The van der Waals surface area contributed by atoms with Crippen LogP contribution in [0.15, 0.2) is 91.0 Å². The third kappa shape index (κ3) is 6.03. The molecule has 3 atom stereocenters. The zero-order chi connectivity index (χ0) is 26.4. The van der Waals surface area contributed by atoms with Crippen LogP contribution in [-0.4, -0.2) is 58.9 Å². The Hall–Kier alpha value is -4.04. The van der Waals surface area contributed by atoms with E-state index in [0.29, 0.717) is 12.1 Å². The smallest absolute Gasteiger partial charge is 0.269 e. The van der Waals surface area contributed by atoms with Gasteiger partial charge in [0, 0.05) is 55.9 Å². The second-order valence-corrected chi connectivity index (χ2v) is 9.46. The standard InChI is InChI=1S/C29H32N4O4/c1-21(34)31(2)26-20-32(28(22-12-6-3-7-13-22)23-14-8-4-9-15-23)27(33(36)37)18-25(26)19-30-29(35)24-16-10-5-11-17-24/h3-17,25-28H,18-20H2,1-2H3,(H,30,35). The fourth-order valence-corrected chi connectivity index (χ4v) is 5.19. The van der Waals surface area contributed by atoms with Gasteiger partial charge >= 0.3 is 0 Å². The number of likely N-dealkylation sites (tertiary alicyclic amines) is 1. The van der Waals surface area contributed by atoms with Crippen molar-refractivity contribution >= 4 is 11.8 Å². The molecule has 3 aromatic rings. The molecule has 1 aliphatic rings. The van der Waals surface area contributed by atoms with Crippen molar-refractivity contribution < 1.29 is 14.5 Å². The van der Waals surface area contributed by atoms with Crippen LogP contribution < -0.4 is 5.32 Å². The molecule has 1 heterocycles. The summed E-state index contributed by atoms with van der Waals surface area (Å²) in [4.78, 5) is 40.9. The Balaban J connectivity index is 1.67. The van der Waals surface area contributed by atoms with Crippen LogP contribution in [0.3, 0.4) is 0 Å². The van der Waals surface area contributed by atoms with Crippen molar-refractivity contribution in [3.8, 4) is 0 Å². The van der Waals surface area contributed by atoms with Gasteiger partial charge in [-0.3, -0.25) is 19.7 Å². The number of nitro groups is 1. The van der Waals surface area contributed by atoms with Gasteiger partial charge in [0.25, 0.3) is 12.1 Å². The zero-order valence-corrected chi connectivity index (χ0v) is 21.1. The fourth-order valence-electron chi connectivity index (χ4n) is 5.19. The molecule has 0 spiro atoms. The minimum atomic E-state index is -0.986. The first-order chi connectivity index (χ1) is 17.9. The molecule has 1 fully saturated rings. The number of nitrogens with one attached hydrogen (secondary N) is 1. The van der Waals surface area contributed by atoms with E-state index in [-0.39, 0.29) is 47.7 Å². The molecule has 0 bridgehead atoms. The molecule has 0 aromatic heterocycles. The number of rotatable bonds is 8. The molecule has 192 valence electrons. The zero-order valence-electron chi connectivity index (χ0n) is 21.1. The van der Waals surface area contributed by atoms with Crippen molar-refractivity contribution in [2.75, 3.05) is 20.1 Å². The highest BCUT2D eigenvalue weighted by Crippen LogP contribution is 2.37. The Labute approximate surface area is 217 Å². The summed E-state index contributed by atoms with van der Waals surface area (Å²) in [5.41, 5.74) is 2.41. The molecule has 2 amide bonds. The SMILES string of the molecule is CC(=O)N(C)C1CN(C(c2ccccc2)c2ccccc2)C([N+](=O)[O-])CC1CNC(=O)c1ccccc1. The summed E-state index contributed by atoms with van der Waals surface area (Å²) in [6, 6.07) is 27.6. The van der Waals surface area contributed by atoms with E-state index in [1.807, 2.05) is 71.6 Å². The number of benzene rings is 3. The van der Waals surface area contributed by atoms with E-state index >= 15 is 0 Å². The quantitative estimate of drug-likeness (QED) is 0.373. The minimum absolute atomic E-state index is 0.125. The summed E-state index contributed by atoms with van der Waals surface area (Å²) >= 11 is 0. The number of hydrogen-bond donors (Lipinski definition) is 1. The van der Waals surface area contributed by atoms with Crippen LogP contribution in [0.4, 0.5) is 0 Å². The molecule has 0 radical (unpaired) electrons. The van der Waals surface area contributed by atoms with Crippen molar-refractivity contribution in [2.24, 2.45) is 5.92 Å². The van der Waals surface area contributed by atoms with Crippen LogP contribution in [-0.2, 0) is 4.79 Å². The number of amides is 2. The molecule has 3 unspecified atom stereocenters. The summed E-state index contributed by atoms with van der Waals surface area (Å²) in [6.45, 7) is 2.02. The van der Waals surface area contributed by atoms with E-state index in [1.165, 1.54) is 6.92 Å². The first-order valence-electron chi connectivity index (χ1n) is 12.4. The number of likely N-dealkylation sites (N-methyl/N-ethyl adjacent to an activating group) is 1. The fraction of sp³-hybridized carbons (Fsp3) is 0.310. The van der Waals surface area contributed by atoms with Crippen molar-refractivity contribution in [3.05, 3.63) is 118 Å². The van der Waals surface area contributed by atoms with Crippen molar-refractivity contribution in [1.29, 1.82) is 0 Å². The lowest BCUT2D eigenvalue weighted by atomic mass is 9.85. The number of hydrogen-bond acceptors (Lipinski definition) is 5. The Morgan fingerprint density at radius 1 is 0.973 bits per heavy atom. The highest BCUT2D eigenvalue weighted by atomic mass is 16.6. The maximum Gasteiger partial charge on any atom is 0.269 e. The summed E-state index contributed by atoms with van der Waals surface area (Å²) in [5.74, 6) is -0.656. The van der Waals surface area contributed by atoms with Crippen LogP contribution in [0, 0.1) is 16.0 Å². The largest absolute Gasteiger partial charge is 0.352 e. The first-order valence-corrected chi connectivity index (χ1v) is 12.4. The molecule has 0 saturated carbocycles. The predicted octanol–water partition coefficient (Wildman–Crippen LogP) is 3.98. The monoisotopic (exact) mass is 500 g/mol. The molecule has 3 aromatic carbocycles. The van der Waals surface area contributed by atoms with Gasteiger partial charge in [0.05, 0.1) is 6.04 Å². The maximum absolute atomic E-state index is 12.7.